The molecule has 0 amide bonds. The fourth-order valence-corrected chi connectivity index (χ4v) is 4.28. The molecule has 5 aromatic rings. The Hall–Kier alpha value is -3.35. The number of pyridine rings is 1. The number of nitrogens with one attached hydrogen (secondary N) is 2. The van der Waals surface area contributed by atoms with Gasteiger partial charge in [-0.2, -0.15) is 0 Å². The number of nitrogens with two attached hydrogens (primary N) is 1. The van der Waals surface area contributed by atoms with Crippen LogP contribution in [0.2, 0.25) is 5.02 Å². The molecule has 0 unspecified atom stereocenters. The number of aromatic nitrogens is 4. The molecular weight excluding hydrogens is 408 g/mol. The Bertz CT molecular complexity index is 1400. The Morgan fingerprint density at radius 2 is 1.77 bits per heavy atom. The second-order valence-electron chi connectivity index (χ2n) is 8.02. The van der Waals surface area contributed by atoms with Crippen LogP contribution in [0.5, 0.6) is 0 Å². The molecule has 3 aromatic heterocycles. The molecule has 156 valence electrons. The molecule has 0 bridgehead atoms. The predicted molar refractivity (Wildman–Crippen MR) is 127 cm³/mol. The van der Waals surface area contributed by atoms with Crippen LogP contribution < -0.4 is 5.73 Å². The smallest absolute Gasteiger partial charge is 0.160 e. The van der Waals surface area contributed by atoms with Crippen molar-refractivity contribution >= 4 is 39.5 Å². The Morgan fingerprint density at radius 3 is 2.58 bits per heavy atom. The van der Waals surface area contributed by atoms with Crippen molar-refractivity contribution in [3.63, 3.8) is 0 Å². The number of fused-ring (bicyclic) bond motifs is 2. The van der Waals surface area contributed by atoms with Gasteiger partial charge in [0.2, 0.25) is 0 Å². The number of rotatable bonds is 5. The largest absolute Gasteiger partial charge is 0.384 e. The average molecular weight is 431 g/mol. The number of nitrogens with zero attached hydrogens (tertiary/aromatic N) is 3. The molecule has 0 atom stereocenters. The lowest BCUT2D eigenvalue weighted by molar-refractivity contribution is 0.319. The number of halogens is 1. The zero-order valence-electron chi connectivity index (χ0n) is 17.4. The predicted octanol–water partition coefficient (Wildman–Crippen LogP) is 5.28. The van der Waals surface area contributed by atoms with E-state index in [2.05, 4.69) is 62.2 Å². The molecule has 0 spiro atoms. The van der Waals surface area contributed by atoms with Gasteiger partial charge >= 0.3 is 0 Å². The Morgan fingerprint density at radius 1 is 0.968 bits per heavy atom. The fraction of sp³-hybridized carbons (Fsp3) is 0.167. The van der Waals surface area contributed by atoms with Gasteiger partial charge in [-0.15, -0.1) is 0 Å². The maximum absolute atomic E-state index is 6.11. The lowest BCUT2D eigenvalue weighted by Crippen LogP contribution is -2.17. The summed E-state index contributed by atoms with van der Waals surface area (Å²) in [6, 6.07) is 18.5. The van der Waals surface area contributed by atoms with E-state index >= 15 is 0 Å². The van der Waals surface area contributed by atoms with Gasteiger partial charge in [0.15, 0.2) is 5.65 Å². The number of aromatic amines is 2. The Kier molecular flexibility index (Phi) is 4.88. The van der Waals surface area contributed by atoms with Gasteiger partial charge in [-0.25, -0.2) is 9.97 Å². The number of benzene rings is 2. The first-order chi connectivity index (χ1) is 14.9. The molecule has 3 heterocycles. The summed E-state index contributed by atoms with van der Waals surface area (Å²) in [5, 5.41) is 1.92. The van der Waals surface area contributed by atoms with Crippen molar-refractivity contribution in [3.8, 4) is 11.3 Å². The molecular formula is C24H23ClN6. The summed E-state index contributed by atoms with van der Waals surface area (Å²) in [7, 11) is 2.12. The van der Waals surface area contributed by atoms with Crippen molar-refractivity contribution in [2.75, 3.05) is 12.8 Å². The van der Waals surface area contributed by atoms with Crippen LogP contribution in [0.15, 0.2) is 54.6 Å². The van der Waals surface area contributed by atoms with Gasteiger partial charge < -0.3 is 15.7 Å². The van der Waals surface area contributed by atoms with Crippen molar-refractivity contribution in [1.29, 1.82) is 0 Å². The molecule has 2 aromatic carbocycles. The van der Waals surface area contributed by atoms with Crippen LogP contribution in [0.1, 0.15) is 17.0 Å². The highest BCUT2D eigenvalue weighted by atomic mass is 35.5. The number of H-pyrrole nitrogens is 2. The molecule has 0 aliphatic heterocycles. The minimum atomic E-state index is 0.466. The van der Waals surface area contributed by atoms with E-state index in [-0.39, 0.29) is 0 Å². The first-order valence-electron chi connectivity index (χ1n) is 10.1. The fourth-order valence-electron chi connectivity index (χ4n) is 4.07. The first kappa shape index (κ1) is 19.6. The highest BCUT2D eigenvalue weighted by Crippen LogP contribution is 2.30. The van der Waals surface area contributed by atoms with Crippen LogP contribution in [-0.4, -0.2) is 31.9 Å². The summed E-state index contributed by atoms with van der Waals surface area (Å²) in [5.41, 5.74) is 13.0. The second-order valence-corrected chi connectivity index (χ2v) is 8.46. The molecule has 0 saturated heterocycles. The molecule has 0 aliphatic rings. The molecule has 5 rings (SSSR count). The SMILES string of the molecule is Cc1nc2c(-c3cc4cc(CN(C)Cc5cccc(Cl)c5)ccc4[nH]3)cc(N)nc2[nH]1. The van der Waals surface area contributed by atoms with Gasteiger partial charge in [0.25, 0.3) is 0 Å². The molecule has 0 aliphatic carbocycles. The van der Waals surface area contributed by atoms with Crippen LogP contribution in [0.4, 0.5) is 5.82 Å². The maximum atomic E-state index is 6.11. The number of imidazole rings is 1. The van der Waals surface area contributed by atoms with Crippen molar-refractivity contribution in [1.82, 2.24) is 24.8 Å². The Labute approximate surface area is 185 Å². The van der Waals surface area contributed by atoms with Gasteiger partial charge in [-0.05, 0) is 61.5 Å². The van der Waals surface area contributed by atoms with Crippen LogP contribution >= 0.6 is 11.6 Å². The summed E-state index contributed by atoms with van der Waals surface area (Å²) < 4.78 is 0. The van der Waals surface area contributed by atoms with E-state index in [9.17, 15) is 0 Å². The van der Waals surface area contributed by atoms with E-state index in [1.165, 1.54) is 11.1 Å². The summed E-state index contributed by atoms with van der Waals surface area (Å²) in [4.78, 5) is 17.9. The monoisotopic (exact) mass is 430 g/mol. The zero-order chi connectivity index (χ0) is 21.5. The van der Waals surface area contributed by atoms with Crippen LogP contribution in [-0.2, 0) is 13.1 Å². The van der Waals surface area contributed by atoms with E-state index in [4.69, 9.17) is 17.3 Å². The van der Waals surface area contributed by atoms with Gasteiger partial charge in [0.05, 0.1) is 0 Å². The molecule has 0 saturated carbocycles. The highest BCUT2D eigenvalue weighted by molar-refractivity contribution is 6.30. The van der Waals surface area contributed by atoms with E-state index in [0.29, 0.717) is 11.5 Å². The number of hydrogen-bond acceptors (Lipinski definition) is 4. The molecule has 6 nitrogen and oxygen atoms in total. The summed E-state index contributed by atoms with van der Waals surface area (Å²) in [5.74, 6) is 1.28. The second kappa shape index (κ2) is 7.72. The minimum absolute atomic E-state index is 0.466. The highest BCUT2D eigenvalue weighted by Gasteiger charge is 2.13. The standard InChI is InChI=1S/C24H23ClN6/c1-14-27-23-19(11-22(26)30-24(23)28-14)21-10-17-8-16(6-7-20(17)29-21)13-31(2)12-15-4-3-5-18(25)9-15/h3-11,29H,12-13H2,1-2H3,(H3,26,27,28,30). The number of anilines is 1. The van der Waals surface area contributed by atoms with Gasteiger partial charge in [-0.1, -0.05) is 29.8 Å². The van der Waals surface area contributed by atoms with Crippen molar-refractivity contribution in [2.24, 2.45) is 0 Å². The topological polar surface area (TPSA) is 86.6 Å². The maximum Gasteiger partial charge on any atom is 0.160 e. The average Bonchev–Trinajstić information content (AvgIpc) is 3.29. The first-order valence-corrected chi connectivity index (χ1v) is 10.5. The molecule has 31 heavy (non-hydrogen) atoms. The molecule has 7 heteroatoms. The Balaban J connectivity index is 1.43. The third kappa shape index (κ3) is 4.00. The van der Waals surface area contributed by atoms with Crippen LogP contribution in [0.3, 0.4) is 0 Å². The third-order valence-corrected chi connectivity index (χ3v) is 5.60. The minimum Gasteiger partial charge on any atom is -0.384 e. The van der Waals surface area contributed by atoms with Crippen molar-refractivity contribution < 1.29 is 0 Å². The molecule has 0 fully saturated rings. The molecule has 0 radical (unpaired) electrons. The van der Waals surface area contributed by atoms with Gasteiger partial charge in [0, 0.05) is 40.3 Å². The quantitative estimate of drug-likeness (QED) is 0.354. The lowest BCUT2D eigenvalue weighted by atomic mass is 10.1. The van der Waals surface area contributed by atoms with Gasteiger partial charge in [-0.3, -0.25) is 4.90 Å². The lowest BCUT2D eigenvalue weighted by Gasteiger charge is -2.17. The summed E-state index contributed by atoms with van der Waals surface area (Å²) in [6.45, 7) is 3.59. The van der Waals surface area contributed by atoms with Crippen LogP contribution in [0.25, 0.3) is 33.3 Å². The van der Waals surface area contributed by atoms with E-state index in [1.54, 1.807) is 0 Å². The number of hydrogen-bond donors (Lipinski definition) is 3. The van der Waals surface area contributed by atoms with Crippen LogP contribution in [0, 0.1) is 6.92 Å². The van der Waals surface area contributed by atoms with E-state index in [0.717, 1.165) is 51.6 Å². The van der Waals surface area contributed by atoms with Crippen molar-refractivity contribution in [3.05, 3.63) is 76.6 Å². The van der Waals surface area contributed by atoms with E-state index < -0.39 is 0 Å². The third-order valence-electron chi connectivity index (χ3n) is 5.36. The van der Waals surface area contributed by atoms with Gasteiger partial charge in [0.1, 0.15) is 17.2 Å². The zero-order valence-corrected chi connectivity index (χ0v) is 18.2. The van der Waals surface area contributed by atoms with Crippen molar-refractivity contribution in [2.45, 2.75) is 20.0 Å². The van der Waals surface area contributed by atoms with E-state index in [1.807, 2.05) is 31.2 Å². The normalized spacial score (nSPS) is 11.7. The summed E-state index contributed by atoms with van der Waals surface area (Å²) >= 11 is 6.11. The number of aryl methyl sites for hydroxylation is 1. The summed E-state index contributed by atoms with van der Waals surface area (Å²) in [6.07, 6.45) is 0. The number of nitrogen functional groups attached to an aromatic ring is 1. The molecule has 4 N–H and O–H groups in total.